The van der Waals surface area contributed by atoms with Gasteiger partial charge in [-0.1, -0.05) is 11.3 Å². The van der Waals surface area contributed by atoms with E-state index in [4.69, 9.17) is 0 Å². The van der Waals surface area contributed by atoms with Crippen LogP contribution in [0.4, 0.5) is 5.00 Å². The van der Waals surface area contributed by atoms with Gasteiger partial charge in [0.2, 0.25) is 0 Å². The van der Waals surface area contributed by atoms with Crippen molar-refractivity contribution in [3.8, 4) is 10.6 Å². The SMILES string of the molecule is Cc1nc(-c2cccnc2)sc1N1CCNCC1. The van der Waals surface area contributed by atoms with E-state index in [1.54, 1.807) is 17.5 Å². The Balaban J connectivity index is 1.91. The average molecular weight is 260 g/mol. The van der Waals surface area contributed by atoms with E-state index in [0.29, 0.717) is 0 Å². The fourth-order valence-electron chi connectivity index (χ4n) is 2.16. The lowest BCUT2D eigenvalue weighted by Crippen LogP contribution is -2.43. The van der Waals surface area contributed by atoms with Crippen molar-refractivity contribution in [1.82, 2.24) is 15.3 Å². The third-order valence-electron chi connectivity index (χ3n) is 3.08. The second-order valence-corrected chi connectivity index (χ2v) is 5.37. The number of aromatic nitrogens is 2. The molecule has 1 saturated heterocycles. The zero-order chi connectivity index (χ0) is 12.4. The highest BCUT2D eigenvalue weighted by Gasteiger charge is 2.17. The minimum absolute atomic E-state index is 1.06. The van der Waals surface area contributed by atoms with Crippen molar-refractivity contribution in [1.29, 1.82) is 0 Å². The summed E-state index contributed by atoms with van der Waals surface area (Å²) in [5, 5.41) is 5.74. The maximum Gasteiger partial charge on any atom is 0.127 e. The summed E-state index contributed by atoms with van der Waals surface area (Å²) in [7, 11) is 0. The Kier molecular flexibility index (Phi) is 3.25. The molecular formula is C13H16N4S. The van der Waals surface area contributed by atoms with Gasteiger partial charge in [-0.3, -0.25) is 4.98 Å². The predicted molar refractivity (Wildman–Crippen MR) is 75.2 cm³/mol. The molecule has 4 nitrogen and oxygen atoms in total. The van der Waals surface area contributed by atoms with Crippen LogP contribution in [0.15, 0.2) is 24.5 Å². The van der Waals surface area contributed by atoms with Gasteiger partial charge in [-0.05, 0) is 19.1 Å². The summed E-state index contributed by atoms with van der Waals surface area (Å²) in [5.41, 5.74) is 2.23. The fraction of sp³-hybridized carbons (Fsp3) is 0.385. The van der Waals surface area contributed by atoms with Gasteiger partial charge in [-0.15, -0.1) is 0 Å². The molecule has 1 fully saturated rings. The summed E-state index contributed by atoms with van der Waals surface area (Å²) >= 11 is 1.77. The van der Waals surface area contributed by atoms with Gasteiger partial charge in [0.15, 0.2) is 0 Å². The summed E-state index contributed by atoms with van der Waals surface area (Å²) in [6.45, 7) is 6.33. The first-order chi connectivity index (χ1) is 8.84. The average Bonchev–Trinajstić information content (AvgIpc) is 2.83. The van der Waals surface area contributed by atoms with Gasteiger partial charge >= 0.3 is 0 Å². The Morgan fingerprint density at radius 3 is 2.89 bits per heavy atom. The molecular weight excluding hydrogens is 244 g/mol. The topological polar surface area (TPSA) is 41.1 Å². The molecule has 0 saturated carbocycles. The molecule has 3 heterocycles. The van der Waals surface area contributed by atoms with Crippen molar-refractivity contribution < 1.29 is 0 Å². The van der Waals surface area contributed by atoms with Crippen LogP contribution in [-0.4, -0.2) is 36.1 Å². The van der Waals surface area contributed by atoms with E-state index in [-0.39, 0.29) is 0 Å². The lowest BCUT2D eigenvalue weighted by atomic mass is 10.3. The highest BCUT2D eigenvalue weighted by molar-refractivity contribution is 7.19. The third-order valence-corrected chi connectivity index (χ3v) is 4.35. The van der Waals surface area contributed by atoms with Gasteiger partial charge in [0.05, 0.1) is 5.69 Å². The number of pyridine rings is 1. The molecule has 2 aromatic rings. The van der Waals surface area contributed by atoms with E-state index >= 15 is 0 Å². The molecule has 0 atom stereocenters. The number of thiazole rings is 1. The van der Waals surface area contributed by atoms with Crippen molar-refractivity contribution >= 4 is 16.3 Å². The van der Waals surface area contributed by atoms with Crippen LogP contribution in [-0.2, 0) is 0 Å². The number of aryl methyl sites for hydroxylation is 1. The maximum absolute atomic E-state index is 4.67. The molecule has 0 amide bonds. The van der Waals surface area contributed by atoms with E-state index in [1.165, 1.54) is 5.00 Å². The van der Waals surface area contributed by atoms with Crippen LogP contribution in [0.2, 0.25) is 0 Å². The van der Waals surface area contributed by atoms with Crippen LogP contribution in [0.25, 0.3) is 10.6 Å². The molecule has 0 radical (unpaired) electrons. The summed E-state index contributed by atoms with van der Waals surface area (Å²) < 4.78 is 0. The van der Waals surface area contributed by atoms with E-state index in [2.05, 4.69) is 33.2 Å². The van der Waals surface area contributed by atoms with Gasteiger partial charge < -0.3 is 10.2 Å². The highest BCUT2D eigenvalue weighted by Crippen LogP contribution is 2.34. The summed E-state index contributed by atoms with van der Waals surface area (Å²) in [5.74, 6) is 0. The van der Waals surface area contributed by atoms with Crippen molar-refractivity contribution in [2.45, 2.75) is 6.92 Å². The van der Waals surface area contributed by atoms with Crippen molar-refractivity contribution in [3.05, 3.63) is 30.2 Å². The molecule has 0 spiro atoms. The van der Waals surface area contributed by atoms with Gasteiger partial charge in [0.25, 0.3) is 0 Å². The molecule has 1 N–H and O–H groups in total. The highest BCUT2D eigenvalue weighted by atomic mass is 32.1. The smallest absolute Gasteiger partial charge is 0.127 e. The molecule has 5 heteroatoms. The molecule has 0 bridgehead atoms. The van der Waals surface area contributed by atoms with Crippen LogP contribution in [0.1, 0.15) is 5.69 Å². The lowest BCUT2D eigenvalue weighted by molar-refractivity contribution is 0.591. The minimum Gasteiger partial charge on any atom is -0.359 e. The number of anilines is 1. The van der Waals surface area contributed by atoms with Crippen LogP contribution >= 0.6 is 11.3 Å². The van der Waals surface area contributed by atoms with E-state index in [0.717, 1.165) is 42.4 Å². The molecule has 18 heavy (non-hydrogen) atoms. The number of nitrogens with one attached hydrogen (secondary N) is 1. The number of rotatable bonds is 2. The van der Waals surface area contributed by atoms with E-state index in [9.17, 15) is 0 Å². The monoisotopic (exact) mass is 260 g/mol. The van der Waals surface area contributed by atoms with Gasteiger partial charge in [0, 0.05) is 44.1 Å². The standard InChI is InChI=1S/C13H16N4S/c1-10-13(17-7-5-14-6-8-17)18-12(16-10)11-3-2-4-15-9-11/h2-4,9,14H,5-8H2,1H3. The van der Waals surface area contributed by atoms with Crippen LogP contribution in [0.5, 0.6) is 0 Å². The second-order valence-electron chi connectivity index (χ2n) is 4.39. The number of nitrogens with zero attached hydrogens (tertiary/aromatic N) is 3. The van der Waals surface area contributed by atoms with Gasteiger partial charge in [0.1, 0.15) is 10.0 Å². The molecule has 3 rings (SSSR count). The molecule has 1 aliphatic heterocycles. The first kappa shape index (κ1) is 11.6. The quantitative estimate of drug-likeness (QED) is 0.895. The number of hydrogen-bond donors (Lipinski definition) is 1. The molecule has 2 aromatic heterocycles. The molecule has 0 aliphatic carbocycles. The van der Waals surface area contributed by atoms with Crippen LogP contribution in [0.3, 0.4) is 0 Å². The minimum atomic E-state index is 1.06. The summed E-state index contributed by atoms with van der Waals surface area (Å²) in [6, 6.07) is 4.02. The summed E-state index contributed by atoms with van der Waals surface area (Å²) in [4.78, 5) is 11.2. The molecule has 0 aromatic carbocycles. The fourth-order valence-corrected chi connectivity index (χ4v) is 3.27. The van der Waals surface area contributed by atoms with Gasteiger partial charge in [-0.25, -0.2) is 4.98 Å². The Morgan fingerprint density at radius 1 is 1.33 bits per heavy atom. The van der Waals surface area contributed by atoms with E-state index in [1.807, 2.05) is 12.3 Å². The molecule has 0 unspecified atom stereocenters. The molecule has 94 valence electrons. The Labute approximate surface area is 111 Å². The predicted octanol–water partition coefficient (Wildman–Crippen LogP) is 1.92. The first-order valence-corrected chi connectivity index (χ1v) is 7.00. The zero-order valence-corrected chi connectivity index (χ0v) is 11.2. The van der Waals surface area contributed by atoms with Crippen LogP contribution in [0, 0.1) is 6.92 Å². The molecule has 1 aliphatic rings. The van der Waals surface area contributed by atoms with Crippen molar-refractivity contribution in [2.24, 2.45) is 0 Å². The maximum atomic E-state index is 4.67. The Bertz CT molecular complexity index is 517. The number of piperazine rings is 1. The van der Waals surface area contributed by atoms with Crippen molar-refractivity contribution in [3.63, 3.8) is 0 Å². The van der Waals surface area contributed by atoms with E-state index < -0.39 is 0 Å². The third kappa shape index (κ3) is 2.23. The lowest BCUT2D eigenvalue weighted by Gasteiger charge is -2.28. The van der Waals surface area contributed by atoms with Gasteiger partial charge in [-0.2, -0.15) is 0 Å². The Morgan fingerprint density at radius 2 is 2.17 bits per heavy atom. The second kappa shape index (κ2) is 5.04. The van der Waals surface area contributed by atoms with Crippen LogP contribution < -0.4 is 10.2 Å². The Hall–Kier alpha value is -1.46. The largest absolute Gasteiger partial charge is 0.359 e. The summed E-state index contributed by atoms with van der Waals surface area (Å²) in [6.07, 6.45) is 3.67. The normalized spacial score (nSPS) is 15.9. The van der Waals surface area contributed by atoms with Crippen molar-refractivity contribution in [2.75, 3.05) is 31.1 Å². The zero-order valence-electron chi connectivity index (χ0n) is 10.4. The number of hydrogen-bond acceptors (Lipinski definition) is 5. The first-order valence-electron chi connectivity index (χ1n) is 6.18.